The van der Waals surface area contributed by atoms with Gasteiger partial charge in [0.2, 0.25) is 0 Å². The Bertz CT molecular complexity index is 964. The molecule has 0 radical (unpaired) electrons. The van der Waals surface area contributed by atoms with Crippen molar-refractivity contribution in [2.75, 3.05) is 41.5 Å². The van der Waals surface area contributed by atoms with Crippen LogP contribution in [-0.4, -0.2) is 73.6 Å². The van der Waals surface area contributed by atoms with Crippen molar-refractivity contribution in [3.63, 3.8) is 0 Å². The fraction of sp³-hybridized carbons (Fsp3) is 0.462. The molecule has 192 valence electrons. The predicted octanol–water partition coefficient (Wildman–Crippen LogP) is 3.03. The molecule has 0 amide bonds. The highest BCUT2D eigenvalue weighted by atomic mass is 16.5. The van der Waals surface area contributed by atoms with Crippen LogP contribution in [-0.2, 0) is 22.4 Å². The Morgan fingerprint density at radius 2 is 1.54 bits per heavy atom. The number of ether oxygens (including phenoxy) is 3. The number of benzene rings is 2. The number of nitrogens with zero attached hydrogens (tertiary/aromatic N) is 1. The Labute approximate surface area is 205 Å². The number of rotatable bonds is 10. The van der Waals surface area contributed by atoms with E-state index in [1.54, 1.807) is 21.3 Å². The van der Waals surface area contributed by atoms with Crippen LogP contribution in [0.1, 0.15) is 35.6 Å². The summed E-state index contributed by atoms with van der Waals surface area (Å²) in [5.41, 5.74) is 3.48. The van der Waals surface area contributed by atoms with Crippen molar-refractivity contribution >= 4 is 11.9 Å². The van der Waals surface area contributed by atoms with Gasteiger partial charge in [0, 0.05) is 6.54 Å². The van der Waals surface area contributed by atoms with Crippen LogP contribution in [0.2, 0.25) is 0 Å². The van der Waals surface area contributed by atoms with Gasteiger partial charge in [-0.3, -0.25) is 0 Å². The molecule has 0 spiro atoms. The molecule has 0 saturated carbocycles. The summed E-state index contributed by atoms with van der Waals surface area (Å²) in [6, 6.07) is 12.2. The second kappa shape index (κ2) is 13.6. The molecule has 2 unspecified atom stereocenters. The van der Waals surface area contributed by atoms with Crippen molar-refractivity contribution < 1.29 is 39.1 Å². The molecule has 0 saturated heterocycles. The number of hydrogen-bond acceptors (Lipinski definition) is 7. The van der Waals surface area contributed by atoms with Gasteiger partial charge < -0.3 is 34.4 Å². The smallest absolute Gasteiger partial charge is 0.414 e. The van der Waals surface area contributed by atoms with E-state index in [2.05, 4.69) is 24.1 Å². The molecule has 3 rings (SSSR count). The lowest BCUT2D eigenvalue weighted by Crippen LogP contribution is -2.23. The first-order valence-corrected chi connectivity index (χ1v) is 11.4. The van der Waals surface area contributed by atoms with E-state index in [9.17, 15) is 5.11 Å². The number of fused-ring (bicyclic) bond motifs is 1. The summed E-state index contributed by atoms with van der Waals surface area (Å²) in [5, 5.41) is 25.5. The third-order valence-electron chi connectivity index (χ3n) is 6.13. The number of aliphatic hydroxyl groups excluding tert-OH is 1. The lowest BCUT2D eigenvalue weighted by molar-refractivity contribution is -0.159. The first kappa shape index (κ1) is 27.9. The molecular weight excluding hydrogens is 454 g/mol. The summed E-state index contributed by atoms with van der Waals surface area (Å²) < 4.78 is 16.0. The summed E-state index contributed by atoms with van der Waals surface area (Å²) in [6.45, 7) is 2.05. The zero-order chi connectivity index (χ0) is 26.0. The van der Waals surface area contributed by atoms with Crippen molar-refractivity contribution in [1.82, 2.24) is 4.90 Å². The van der Waals surface area contributed by atoms with Gasteiger partial charge in [0.05, 0.1) is 27.4 Å². The maximum Gasteiger partial charge on any atom is 0.414 e. The monoisotopic (exact) mass is 489 g/mol. The Morgan fingerprint density at radius 1 is 0.943 bits per heavy atom. The van der Waals surface area contributed by atoms with Crippen LogP contribution >= 0.6 is 0 Å². The van der Waals surface area contributed by atoms with E-state index in [0.717, 1.165) is 55.8 Å². The van der Waals surface area contributed by atoms with Gasteiger partial charge in [0.25, 0.3) is 0 Å². The molecule has 1 aliphatic rings. The molecule has 2 atom stereocenters. The molecule has 9 heteroatoms. The number of hydrogen-bond donors (Lipinski definition) is 3. The molecule has 3 N–H and O–H groups in total. The van der Waals surface area contributed by atoms with E-state index in [-0.39, 0.29) is 5.92 Å². The minimum absolute atomic E-state index is 0.261. The third kappa shape index (κ3) is 8.15. The van der Waals surface area contributed by atoms with Gasteiger partial charge in [-0.15, -0.1) is 0 Å². The molecule has 1 aliphatic carbocycles. The maximum absolute atomic E-state index is 10.8. The zero-order valence-electron chi connectivity index (χ0n) is 20.7. The maximum atomic E-state index is 10.8. The van der Waals surface area contributed by atoms with E-state index in [1.807, 2.05) is 24.3 Å². The number of likely N-dealkylation sites (N-methyl/N-ethyl adjacent to an activating group) is 1. The van der Waals surface area contributed by atoms with E-state index >= 15 is 0 Å². The van der Waals surface area contributed by atoms with Gasteiger partial charge in [0.15, 0.2) is 11.5 Å². The Morgan fingerprint density at radius 3 is 2.09 bits per heavy atom. The molecule has 0 fully saturated rings. The van der Waals surface area contributed by atoms with E-state index in [4.69, 9.17) is 34.0 Å². The molecule has 9 nitrogen and oxygen atoms in total. The van der Waals surface area contributed by atoms with Gasteiger partial charge in [-0.2, -0.15) is 0 Å². The number of aliphatic hydroxyl groups is 1. The van der Waals surface area contributed by atoms with Crippen LogP contribution in [0.15, 0.2) is 36.4 Å². The minimum Gasteiger partial charge on any atom is -0.497 e. The van der Waals surface area contributed by atoms with Crippen LogP contribution in [0.5, 0.6) is 17.2 Å². The van der Waals surface area contributed by atoms with Crippen LogP contribution in [0.4, 0.5) is 0 Å². The molecule has 35 heavy (non-hydrogen) atoms. The molecule has 0 heterocycles. The highest BCUT2D eigenvalue weighted by Crippen LogP contribution is 2.43. The third-order valence-corrected chi connectivity index (χ3v) is 6.13. The second-order valence-corrected chi connectivity index (χ2v) is 8.47. The van der Waals surface area contributed by atoms with E-state index in [1.165, 1.54) is 11.1 Å². The van der Waals surface area contributed by atoms with Gasteiger partial charge in [0.1, 0.15) is 5.75 Å². The molecular formula is C26H35NO8. The Hall–Kier alpha value is -3.30. The Kier molecular flexibility index (Phi) is 10.8. The highest BCUT2D eigenvalue weighted by Gasteiger charge is 2.32. The summed E-state index contributed by atoms with van der Waals surface area (Å²) >= 11 is 0. The van der Waals surface area contributed by atoms with Crippen molar-refractivity contribution in [1.29, 1.82) is 0 Å². The fourth-order valence-electron chi connectivity index (χ4n) is 4.14. The van der Waals surface area contributed by atoms with Gasteiger partial charge in [-0.1, -0.05) is 12.1 Å². The first-order chi connectivity index (χ1) is 16.7. The van der Waals surface area contributed by atoms with Gasteiger partial charge in [-0.25, -0.2) is 9.59 Å². The zero-order valence-corrected chi connectivity index (χ0v) is 20.7. The lowest BCUT2D eigenvalue weighted by atomic mass is 9.97. The van der Waals surface area contributed by atoms with Crippen molar-refractivity contribution in [2.45, 2.75) is 31.8 Å². The first-order valence-electron chi connectivity index (χ1n) is 11.4. The van der Waals surface area contributed by atoms with E-state index < -0.39 is 18.0 Å². The number of carboxylic acid groups (broad SMARTS) is 2. The summed E-state index contributed by atoms with van der Waals surface area (Å²) in [7, 11) is 7.13. The van der Waals surface area contributed by atoms with Crippen LogP contribution in [0.3, 0.4) is 0 Å². The van der Waals surface area contributed by atoms with Gasteiger partial charge in [-0.05, 0) is 86.1 Å². The van der Waals surface area contributed by atoms with E-state index in [0.29, 0.717) is 5.75 Å². The predicted molar refractivity (Wildman–Crippen MR) is 130 cm³/mol. The summed E-state index contributed by atoms with van der Waals surface area (Å²) in [4.78, 5) is 20.6. The lowest BCUT2D eigenvalue weighted by Gasteiger charge is -2.19. The fourth-order valence-corrected chi connectivity index (χ4v) is 4.14. The molecule has 2 aromatic carbocycles. The van der Waals surface area contributed by atoms with Crippen LogP contribution < -0.4 is 14.2 Å². The number of carboxylic acids is 2. The summed E-state index contributed by atoms with van der Waals surface area (Å²) in [6.07, 6.45) is 3.58. The van der Waals surface area contributed by atoms with Crippen LogP contribution in [0.25, 0.3) is 0 Å². The number of carbonyl (C=O) groups is 2. The normalized spacial score (nSPS) is 16.2. The average Bonchev–Trinajstić information content (AvgIpc) is 3.16. The number of aliphatic carboxylic acids is 2. The largest absolute Gasteiger partial charge is 0.497 e. The second-order valence-electron chi connectivity index (χ2n) is 8.47. The minimum atomic E-state index is -1.82. The van der Waals surface area contributed by atoms with Crippen molar-refractivity contribution in [2.24, 2.45) is 5.92 Å². The molecule has 2 aromatic rings. The quantitative estimate of drug-likeness (QED) is 0.432. The SMILES string of the molecule is COc1ccc(CCN(C)CCCC2Cc3cc(OC)c(OC)cc3C2O)cc1.O=C(O)C(=O)O. The highest BCUT2D eigenvalue weighted by molar-refractivity contribution is 6.27. The van der Waals surface area contributed by atoms with Crippen molar-refractivity contribution in [3.8, 4) is 17.2 Å². The average molecular weight is 490 g/mol. The van der Waals surface area contributed by atoms with Crippen molar-refractivity contribution in [3.05, 3.63) is 53.1 Å². The Balaban J connectivity index is 0.000000641. The van der Waals surface area contributed by atoms with Crippen LogP contribution in [0, 0.1) is 5.92 Å². The number of methoxy groups -OCH3 is 3. The topological polar surface area (TPSA) is 126 Å². The van der Waals surface area contributed by atoms with Gasteiger partial charge >= 0.3 is 11.9 Å². The molecule has 0 aromatic heterocycles. The summed E-state index contributed by atoms with van der Waals surface area (Å²) in [5.74, 6) is -1.07. The molecule has 0 aliphatic heterocycles. The standard InChI is InChI=1S/C24H33NO4.C2H2O4/c1-25(13-11-17-7-9-20(27-2)10-8-17)12-5-6-18-14-19-15-22(28-3)23(29-4)16-21(19)24(18)26;3-1(4)2(5)6/h7-10,15-16,18,24,26H,5-6,11-14H2,1-4H3;(H,3,4)(H,5,6). The molecule has 0 bridgehead atoms.